The normalized spacial score (nSPS) is 13.0. The van der Waals surface area contributed by atoms with E-state index in [1.807, 2.05) is 31.2 Å². The van der Waals surface area contributed by atoms with Crippen LogP contribution in [-0.4, -0.2) is 29.2 Å². The fraction of sp³-hybridized carbons (Fsp3) is 0.500. The highest BCUT2D eigenvalue weighted by Gasteiger charge is 2.14. The molecule has 27 heavy (non-hydrogen) atoms. The van der Waals surface area contributed by atoms with Crippen LogP contribution in [0.1, 0.15) is 58.4 Å². The van der Waals surface area contributed by atoms with E-state index in [1.165, 1.54) is 0 Å². The molecule has 0 aliphatic carbocycles. The second-order valence-corrected chi connectivity index (χ2v) is 7.01. The Morgan fingerprint density at radius 1 is 1.07 bits per heavy atom. The fourth-order valence-electron chi connectivity index (χ4n) is 2.50. The predicted octanol–water partition coefficient (Wildman–Crippen LogP) is 5.02. The number of aromatic nitrogens is 2. The van der Waals surface area contributed by atoms with Crippen molar-refractivity contribution < 1.29 is 14.3 Å². The second kappa shape index (κ2) is 10.7. The monoisotopic (exact) mass is 370 g/mol. The Morgan fingerprint density at radius 2 is 1.74 bits per heavy atom. The maximum atomic E-state index is 12.0. The second-order valence-electron chi connectivity index (χ2n) is 7.01. The number of carbonyl (C=O) groups excluding carboxylic acids is 1. The van der Waals surface area contributed by atoms with Gasteiger partial charge in [0.05, 0.1) is 32.0 Å². The van der Waals surface area contributed by atoms with Crippen LogP contribution in [0.3, 0.4) is 0 Å². The highest BCUT2D eigenvalue weighted by molar-refractivity contribution is 5.70. The summed E-state index contributed by atoms with van der Waals surface area (Å²) >= 11 is 0. The summed E-state index contributed by atoms with van der Waals surface area (Å²) in [5.74, 6) is 1.71. The van der Waals surface area contributed by atoms with Crippen molar-refractivity contribution in [2.75, 3.05) is 13.2 Å². The van der Waals surface area contributed by atoms with Crippen molar-refractivity contribution in [1.29, 1.82) is 0 Å². The van der Waals surface area contributed by atoms with Crippen LogP contribution in [0.15, 0.2) is 36.7 Å². The molecular formula is C22H30N2O3. The van der Waals surface area contributed by atoms with Crippen molar-refractivity contribution in [3.05, 3.63) is 42.2 Å². The summed E-state index contributed by atoms with van der Waals surface area (Å²) in [5, 5.41) is 0. The van der Waals surface area contributed by atoms with Crippen LogP contribution in [0, 0.1) is 5.92 Å². The lowest BCUT2D eigenvalue weighted by Gasteiger charge is -2.14. The van der Waals surface area contributed by atoms with E-state index < -0.39 is 0 Å². The van der Waals surface area contributed by atoms with Crippen LogP contribution < -0.4 is 4.74 Å². The van der Waals surface area contributed by atoms with Gasteiger partial charge in [-0.2, -0.15) is 0 Å². The molecule has 0 N–H and O–H groups in total. The van der Waals surface area contributed by atoms with Crippen molar-refractivity contribution in [3.8, 4) is 17.1 Å². The minimum Gasteiger partial charge on any atom is -0.490 e. The molecule has 0 saturated heterocycles. The number of hydrogen-bond donors (Lipinski definition) is 0. The van der Waals surface area contributed by atoms with Gasteiger partial charge in [-0.1, -0.05) is 58.4 Å². The SMILES string of the molecule is CCCOc1cnc(-c2ccc(C(C)CC(=O)OCC(C)CC)cc2)nc1. The molecule has 0 aliphatic heterocycles. The highest BCUT2D eigenvalue weighted by atomic mass is 16.5. The molecule has 2 atom stereocenters. The van der Waals surface area contributed by atoms with Gasteiger partial charge in [0.1, 0.15) is 0 Å². The lowest BCUT2D eigenvalue weighted by atomic mass is 9.96. The van der Waals surface area contributed by atoms with Crippen LogP contribution in [0.5, 0.6) is 5.75 Å². The largest absolute Gasteiger partial charge is 0.490 e. The van der Waals surface area contributed by atoms with E-state index in [9.17, 15) is 4.79 Å². The first-order chi connectivity index (χ1) is 13.0. The van der Waals surface area contributed by atoms with E-state index in [-0.39, 0.29) is 11.9 Å². The Hall–Kier alpha value is -2.43. The summed E-state index contributed by atoms with van der Waals surface area (Å²) < 4.78 is 10.9. The summed E-state index contributed by atoms with van der Waals surface area (Å²) in [5.41, 5.74) is 2.04. The molecule has 146 valence electrons. The van der Waals surface area contributed by atoms with Crippen LogP contribution in [0.2, 0.25) is 0 Å². The van der Waals surface area contributed by atoms with Crippen molar-refractivity contribution >= 4 is 5.97 Å². The molecule has 0 saturated carbocycles. The number of carbonyl (C=O) groups is 1. The minimum atomic E-state index is -0.141. The van der Waals surface area contributed by atoms with Crippen molar-refractivity contribution in [2.45, 2.75) is 52.9 Å². The number of rotatable bonds is 10. The molecule has 2 unspecified atom stereocenters. The summed E-state index contributed by atoms with van der Waals surface area (Å²) in [4.78, 5) is 20.7. The lowest BCUT2D eigenvalue weighted by Crippen LogP contribution is -2.13. The van der Waals surface area contributed by atoms with Gasteiger partial charge < -0.3 is 9.47 Å². The number of hydrogen-bond acceptors (Lipinski definition) is 5. The average molecular weight is 370 g/mol. The quantitative estimate of drug-likeness (QED) is 0.550. The van der Waals surface area contributed by atoms with Gasteiger partial charge >= 0.3 is 5.97 Å². The molecule has 5 nitrogen and oxygen atoms in total. The Morgan fingerprint density at radius 3 is 2.33 bits per heavy atom. The number of nitrogens with zero attached hydrogens (tertiary/aromatic N) is 2. The third-order valence-corrected chi connectivity index (χ3v) is 4.54. The van der Waals surface area contributed by atoms with Crippen molar-refractivity contribution in [1.82, 2.24) is 9.97 Å². The van der Waals surface area contributed by atoms with Gasteiger partial charge in [-0.05, 0) is 23.8 Å². The maximum absolute atomic E-state index is 12.0. The van der Waals surface area contributed by atoms with Gasteiger partial charge in [-0.15, -0.1) is 0 Å². The molecule has 5 heteroatoms. The number of ether oxygens (including phenoxy) is 2. The van der Waals surface area contributed by atoms with Gasteiger partial charge in [0.25, 0.3) is 0 Å². The van der Waals surface area contributed by atoms with E-state index >= 15 is 0 Å². The van der Waals surface area contributed by atoms with E-state index in [1.54, 1.807) is 12.4 Å². The molecule has 0 radical (unpaired) electrons. The summed E-state index contributed by atoms with van der Waals surface area (Å²) in [6, 6.07) is 8.01. The molecule has 0 spiro atoms. The molecule has 2 rings (SSSR count). The molecule has 1 heterocycles. The molecular weight excluding hydrogens is 340 g/mol. The Bertz CT molecular complexity index is 699. The van der Waals surface area contributed by atoms with E-state index in [0.29, 0.717) is 37.1 Å². The molecule has 1 aromatic carbocycles. The third kappa shape index (κ3) is 6.66. The first kappa shape index (κ1) is 20.9. The summed E-state index contributed by atoms with van der Waals surface area (Å²) in [6.07, 6.45) is 5.74. The van der Waals surface area contributed by atoms with E-state index in [2.05, 4.69) is 30.7 Å². The lowest BCUT2D eigenvalue weighted by molar-refractivity contribution is -0.145. The summed E-state index contributed by atoms with van der Waals surface area (Å²) in [7, 11) is 0. The van der Waals surface area contributed by atoms with Crippen LogP contribution >= 0.6 is 0 Å². The zero-order chi connectivity index (χ0) is 19.6. The van der Waals surface area contributed by atoms with Gasteiger partial charge in [0.15, 0.2) is 11.6 Å². The molecule has 0 fully saturated rings. The molecule has 2 aromatic rings. The van der Waals surface area contributed by atoms with Crippen LogP contribution in [-0.2, 0) is 9.53 Å². The van der Waals surface area contributed by atoms with Crippen LogP contribution in [0.4, 0.5) is 0 Å². The maximum Gasteiger partial charge on any atom is 0.306 e. The molecule has 1 aromatic heterocycles. The third-order valence-electron chi connectivity index (χ3n) is 4.54. The fourth-order valence-corrected chi connectivity index (χ4v) is 2.50. The number of benzene rings is 1. The van der Waals surface area contributed by atoms with Gasteiger partial charge in [-0.3, -0.25) is 4.79 Å². The van der Waals surface area contributed by atoms with Crippen molar-refractivity contribution in [3.63, 3.8) is 0 Å². The van der Waals surface area contributed by atoms with Gasteiger partial charge in [0, 0.05) is 5.56 Å². The minimum absolute atomic E-state index is 0.106. The Balaban J connectivity index is 1.92. The predicted molar refractivity (Wildman–Crippen MR) is 107 cm³/mol. The molecule has 0 amide bonds. The zero-order valence-corrected chi connectivity index (χ0v) is 16.8. The Kier molecular flexibility index (Phi) is 8.24. The molecule has 0 aliphatic rings. The standard InChI is InChI=1S/C22H30N2O3/c1-5-11-26-20-13-23-22(24-14-20)19-9-7-18(8-10-19)17(4)12-21(25)27-15-16(3)6-2/h7-10,13-14,16-17H,5-6,11-12,15H2,1-4H3. The van der Waals surface area contributed by atoms with E-state index in [0.717, 1.165) is 24.0 Å². The van der Waals surface area contributed by atoms with Crippen molar-refractivity contribution in [2.24, 2.45) is 5.92 Å². The first-order valence-corrected chi connectivity index (χ1v) is 9.74. The van der Waals surface area contributed by atoms with Gasteiger partial charge in [-0.25, -0.2) is 9.97 Å². The smallest absolute Gasteiger partial charge is 0.306 e. The topological polar surface area (TPSA) is 61.3 Å². The average Bonchev–Trinajstić information content (AvgIpc) is 2.71. The number of esters is 1. The zero-order valence-electron chi connectivity index (χ0n) is 16.8. The van der Waals surface area contributed by atoms with Crippen LogP contribution in [0.25, 0.3) is 11.4 Å². The molecule has 0 bridgehead atoms. The Labute approximate surface area is 162 Å². The summed E-state index contributed by atoms with van der Waals surface area (Å²) in [6.45, 7) is 9.43. The van der Waals surface area contributed by atoms with Gasteiger partial charge in [0.2, 0.25) is 0 Å². The first-order valence-electron chi connectivity index (χ1n) is 9.74. The highest BCUT2D eigenvalue weighted by Crippen LogP contribution is 2.23. The van der Waals surface area contributed by atoms with E-state index in [4.69, 9.17) is 9.47 Å².